The van der Waals surface area contributed by atoms with E-state index in [1.165, 1.54) is 12.4 Å². The smallest absolute Gasteiger partial charge is 0.225 e. The van der Waals surface area contributed by atoms with Crippen LogP contribution in [0.2, 0.25) is 5.02 Å². The van der Waals surface area contributed by atoms with E-state index in [0.29, 0.717) is 11.0 Å². The second-order valence-electron chi connectivity index (χ2n) is 7.14. The highest BCUT2D eigenvalue weighted by atomic mass is 35.5. The molecule has 1 atom stereocenters. The average Bonchev–Trinajstić information content (AvgIpc) is 2.74. The first-order valence-corrected chi connectivity index (χ1v) is 9.78. The van der Waals surface area contributed by atoms with Crippen molar-refractivity contribution in [2.75, 3.05) is 18.0 Å². The molecule has 0 bridgehead atoms. The normalized spacial score (nSPS) is 16.1. The lowest BCUT2D eigenvalue weighted by molar-refractivity contribution is 0.0928. The fraction of sp³-hybridized carbons (Fsp3) is 0.273. The number of hydrogen-bond acceptors (Lipinski definition) is 5. The van der Waals surface area contributed by atoms with Crippen LogP contribution in [0.4, 0.5) is 5.95 Å². The van der Waals surface area contributed by atoms with Crippen molar-refractivity contribution in [3.05, 3.63) is 71.5 Å². The molecule has 0 saturated carbocycles. The molecule has 1 saturated heterocycles. The molecule has 1 aromatic heterocycles. The fourth-order valence-corrected chi connectivity index (χ4v) is 3.90. The van der Waals surface area contributed by atoms with E-state index in [4.69, 9.17) is 11.6 Å². The maximum Gasteiger partial charge on any atom is 0.225 e. The van der Waals surface area contributed by atoms with E-state index in [9.17, 15) is 10.2 Å². The number of benzene rings is 2. The zero-order chi connectivity index (χ0) is 19.5. The Labute approximate surface area is 169 Å². The molecular formula is C22H22ClN3O2. The van der Waals surface area contributed by atoms with Crippen LogP contribution >= 0.6 is 11.6 Å². The molecule has 28 heavy (non-hydrogen) atoms. The summed E-state index contributed by atoms with van der Waals surface area (Å²) in [6, 6.07) is 15.8. The fourth-order valence-electron chi connectivity index (χ4n) is 3.71. The van der Waals surface area contributed by atoms with E-state index >= 15 is 0 Å². The Bertz CT molecular complexity index is 923. The second kappa shape index (κ2) is 8.17. The summed E-state index contributed by atoms with van der Waals surface area (Å²) in [5.41, 5.74) is 3.08. The van der Waals surface area contributed by atoms with Crippen LogP contribution in [-0.2, 0) is 0 Å². The lowest BCUT2D eigenvalue weighted by atomic mass is 9.87. The Balaban J connectivity index is 1.40. The maximum atomic E-state index is 10.8. The standard InChI is InChI=1S/C22H22ClN3O2/c23-19-3-1-2-18(12-19)15-4-6-16(7-5-15)21(28)17-8-10-26(11-9-17)22-24-13-20(27)14-25-22/h1-7,12-14,17,21,27-28H,8-11H2/t21-/m1/s1. The molecule has 0 unspecified atom stereocenters. The van der Waals surface area contributed by atoms with Gasteiger partial charge in [-0.3, -0.25) is 0 Å². The van der Waals surface area contributed by atoms with E-state index in [1.807, 2.05) is 48.5 Å². The van der Waals surface area contributed by atoms with Gasteiger partial charge >= 0.3 is 0 Å². The lowest BCUT2D eigenvalue weighted by Crippen LogP contribution is -2.36. The molecule has 0 spiro atoms. The van der Waals surface area contributed by atoms with Gasteiger partial charge in [-0.25, -0.2) is 9.97 Å². The van der Waals surface area contributed by atoms with Crippen molar-refractivity contribution in [3.8, 4) is 16.9 Å². The second-order valence-corrected chi connectivity index (χ2v) is 7.58. The van der Waals surface area contributed by atoms with E-state index in [0.717, 1.165) is 42.6 Å². The van der Waals surface area contributed by atoms with Crippen molar-refractivity contribution >= 4 is 17.5 Å². The third-order valence-electron chi connectivity index (χ3n) is 5.30. The molecule has 5 nitrogen and oxygen atoms in total. The molecule has 2 heterocycles. The van der Waals surface area contributed by atoms with Crippen molar-refractivity contribution in [1.82, 2.24) is 9.97 Å². The van der Waals surface area contributed by atoms with Gasteiger partial charge in [0, 0.05) is 18.1 Å². The van der Waals surface area contributed by atoms with E-state index in [1.54, 1.807) is 0 Å². The molecule has 0 aliphatic carbocycles. The molecule has 4 rings (SSSR count). The topological polar surface area (TPSA) is 69.5 Å². The first kappa shape index (κ1) is 18.7. The van der Waals surface area contributed by atoms with Gasteiger partial charge in [-0.1, -0.05) is 48.0 Å². The molecule has 1 aliphatic heterocycles. The van der Waals surface area contributed by atoms with Crippen LogP contribution in [0.15, 0.2) is 60.9 Å². The van der Waals surface area contributed by atoms with Crippen LogP contribution in [0.1, 0.15) is 24.5 Å². The number of anilines is 1. The molecule has 6 heteroatoms. The van der Waals surface area contributed by atoms with Crippen molar-refractivity contribution in [2.45, 2.75) is 18.9 Å². The number of hydrogen-bond donors (Lipinski definition) is 2. The van der Waals surface area contributed by atoms with Crippen LogP contribution in [0.5, 0.6) is 5.75 Å². The van der Waals surface area contributed by atoms with Gasteiger partial charge in [0.15, 0.2) is 5.75 Å². The minimum atomic E-state index is -0.490. The molecule has 0 amide bonds. The number of halogens is 1. The third kappa shape index (κ3) is 4.11. The summed E-state index contributed by atoms with van der Waals surface area (Å²) in [7, 11) is 0. The first-order chi connectivity index (χ1) is 13.6. The van der Waals surface area contributed by atoms with Gasteiger partial charge in [0.2, 0.25) is 5.95 Å². The van der Waals surface area contributed by atoms with Gasteiger partial charge in [-0.05, 0) is 47.6 Å². The van der Waals surface area contributed by atoms with E-state index < -0.39 is 6.10 Å². The van der Waals surface area contributed by atoms with Crippen molar-refractivity contribution < 1.29 is 10.2 Å². The number of aromatic nitrogens is 2. The summed E-state index contributed by atoms with van der Waals surface area (Å²) in [5.74, 6) is 0.886. The van der Waals surface area contributed by atoms with E-state index in [2.05, 4.69) is 14.9 Å². The number of aromatic hydroxyl groups is 1. The van der Waals surface area contributed by atoms with Crippen molar-refractivity contribution in [1.29, 1.82) is 0 Å². The predicted molar refractivity (Wildman–Crippen MR) is 110 cm³/mol. The summed E-state index contributed by atoms with van der Waals surface area (Å²) in [6.07, 6.45) is 4.05. The third-order valence-corrected chi connectivity index (χ3v) is 5.54. The van der Waals surface area contributed by atoms with Crippen LogP contribution < -0.4 is 4.90 Å². The predicted octanol–water partition coefficient (Wildman–Crippen LogP) is 4.45. The maximum absolute atomic E-state index is 10.8. The molecule has 2 N–H and O–H groups in total. The Morgan fingerprint density at radius 3 is 2.29 bits per heavy atom. The Morgan fingerprint density at radius 1 is 0.964 bits per heavy atom. The largest absolute Gasteiger partial charge is 0.505 e. The summed E-state index contributed by atoms with van der Waals surface area (Å²) < 4.78 is 0. The lowest BCUT2D eigenvalue weighted by Gasteiger charge is -2.34. The summed E-state index contributed by atoms with van der Waals surface area (Å²) in [4.78, 5) is 10.4. The average molecular weight is 396 g/mol. The SMILES string of the molecule is Oc1cnc(N2CCC([C@H](O)c3ccc(-c4cccc(Cl)c4)cc3)CC2)nc1. The Kier molecular flexibility index (Phi) is 5.46. The van der Waals surface area contributed by atoms with Crippen LogP contribution in [0, 0.1) is 5.92 Å². The molecule has 0 radical (unpaired) electrons. The summed E-state index contributed by atoms with van der Waals surface area (Å²) in [5, 5.41) is 20.9. The highest BCUT2D eigenvalue weighted by Gasteiger charge is 2.27. The van der Waals surface area contributed by atoms with Gasteiger partial charge in [-0.2, -0.15) is 0 Å². The quantitative estimate of drug-likeness (QED) is 0.682. The Morgan fingerprint density at radius 2 is 1.64 bits per heavy atom. The molecular weight excluding hydrogens is 374 g/mol. The molecule has 2 aromatic carbocycles. The van der Waals surface area contributed by atoms with Crippen molar-refractivity contribution in [2.24, 2.45) is 5.92 Å². The van der Waals surface area contributed by atoms with Crippen LogP contribution in [0.3, 0.4) is 0 Å². The number of rotatable bonds is 4. The molecule has 1 fully saturated rings. The minimum absolute atomic E-state index is 0.0651. The molecule has 144 valence electrons. The van der Waals surface area contributed by atoms with Gasteiger partial charge in [-0.15, -0.1) is 0 Å². The summed E-state index contributed by atoms with van der Waals surface area (Å²) >= 11 is 6.08. The van der Waals surface area contributed by atoms with Gasteiger partial charge < -0.3 is 15.1 Å². The van der Waals surface area contributed by atoms with Gasteiger partial charge in [0.25, 0.3) is 0 Å². The molecule has 3 aromatic rings. The highest BCUT2D eigenvalue weighted by Crippen LogP contribution is 2.33. The zero-order valence-corrected chi connectivity index (χ0v) is 16.1. The Hall–Kier alpha value is -2.63. The van der Waals surface area contributed by atoms with Crippen molar-refractivity contribution in [3.63, 3.8) is 0 Å². The molecule has 1 aliphatic rings. The summed E-state index contributed by atoms with van der Waals surface area (Å²) in [6.45, 7) is 1.57. The number of aliphatic hydroxyl groups is 1. The number of piperidine rings is 1. The van der Waals surface area contributed by atoms with Gasteiger partial charge in [0.1, 0.15) is 0 Å². The minimum Gasteiger partial charge on any atom is -0.505 e. The van der Waals surface area contributed by atoms with Crippen LogP contribution in [-0.4, -0.2) is 33.3 Å². The monoisotopic (exact) mass is 395 g/mol. The highest BCUT2D eigenvalue weighted by molar-refractivity contribution is 6.30. The van der Waals surface area contributed by atoms with Gasteiger partial charge in [0.05, 0.1) is 18.5 Å². The first-order valence-electron chi connectivity index (χ1n) is 9.40. The van der Waals surface area contributed by atoms with Crippen LogP contribution in [0.25, 0.3) is 11.1 Å². The number of aliphatic hydroxyl groups excluding tert-OH is 1. The zero-order valence-electron chi connectivity index (χ0n) is 15.4. The number of nitrogens with zero attached hydrogens (tertiary/aromatic N) is 3. The van der Waals surface area contributed by atoms with E-state index in [-0.39, 0.29) is 11.7 Å².